The summed E-state index contributed by atoms with van der Waals surface area (Å²) in [6, 6.07) is 0. The molecule has 0 aliphatic rings. The maximum absolute atomic E-state index is 8.30. The number of unbranched alkanes of at least 4 members (excludes halogenated alkanes) is 5. The van der Waals surface area contributed by atoms with E-state index in [2.05, 4.69) is 13.8 Å². The van der Waals surface area contributed by atoms with Crippen LogP contribution in [0.25, 0.3) is 0 Å². The minimum atomic E-state index is 0. The van der Waals surface area contributed by atoms with Gasteiger partial charge in [-0.1, -0.05) is 39.5 Å². The first kappa shape index (κ1) is 27.8. The third-order valence-corrected chi connectivity index (χ3v) is 2.09. The smallest absolute Gasteiger partial charge is 0.0431 e. The van der Waals surface area contributed by atoms with Crippen LogP contribution >= 0.6 is 0 Å². The number of hydrogen-bond donors (Lipinski definition) is 4. The van der Waals surface area contributed by atoms with Gasteiger partial charge in [0.2, 0.25) is 0 Å². The van der Waals surface area contributed by atoms with Crippen molar-refractivity contribution >= 4 is 0 Å². The van der Waals surface area contributed by atoms with Gasteiger partial charge in [0.25, 0.3) is 0 Å². The summed E-state index contributed by atoms with van der Waals surface area (Å²) in [6.45, 7) is 5.36. The van der Waals surface area contributed by atoms with Crippen molar-refractivity contribution in [3.05, 3.63) is 0 Å². The molecule has 0 spiro atoms. The maximum Gasteiger partial charge on any atom is 0.0431 e. The molecule has 0 rings (SSSR count). The number of aliphatic hydroxyl groups excluding tert-OH is 4. The van der Waals surface area contributed by atoms with Gasteiger partial charge in [-0.25, -0.2) is 0 Å². The fraction of sp³-hybridized carbons (Fsp3) is 1.00. The molecule has 0 aromatic heterocycles. The van der Waals surface area contributed by atoms with Crippen molar-refractivity contribution in [1.29, 1.82) is 0 Å². The normalized spacial score (nSPS) is 8.53. The number of rotatable bonds is 9. The van der Waals surface area contributed by atoms with Gasteiger partial charge in [0.05, 0.1) is 0 Å². The van der Waals surface area contributed by atoms with Gasteiger partial charge in [-0.05, 0) is 25.7 Å². The van der Waals surface area contributed by atoms with E-state index in [1.807, 2.05) is 0 Å². The Morgan fingerprint density at radius 1 is 0.474 bits per heavy atom. The van der Waals surface area contributed by atoms with Crippen molar-refractivity contribution in [2.45, 2.75) is 65.2 Å². The third-order valence-electron chi connectivity index (χ3n) is 2.09. The number of aliphatic hydroxyl groups is 4. The van der Waals surface area contributed by atoms with Gasteiger partial charge in [-0.2, -0.15) is 0 Å². The Bertz CT molecular complexity index is 89.4. The molecule has 0 aliphatic carbocycles. The van der Waals surface area contributed by atoms with Gasteiger partial charge in [-0.3, -0.25) is 0 Å². The summed E-state index contributed by atoms with van der Waals surface area (Å²) in [5.41, 5.74) is 0. The van der Waals surface area contributed by atoms with Crippen molar-refractivity contribution in [2.75, 3.05) is 26.4 Å². The maximum atomic E-state index is 8.30. The predicted molar refractivity (Wildman–Crippen MR) is 76.6 cm³/mol. The van der Waals surface area contributed by atoms with Crippen LogP contribution in [0.5, 0.6) is 0 Å². The summed E-state index contributed by atoms with van der Waals surface area (Å²) in [5.74, 6) is 0. The summed E-state index contributed by atoms with van der Waals surface area (Å²) in [4.78, 5) is 0. The molecule has 0 saturated heterocycles. The van der Waals surface area contributed by atoms with E-state index in [4.69, 9.17) is 20.4 Å². The third kappa shape index (κ3) is 55.7. The van der Waals surface area contributed by atoms with Gasteiger partial charge < -0.3 is 20.4 Å². The zero-order chi connectivity index (χ0) is 14.5. The van der Waals surface area contributed by atoms with E-state index in [1.54, 1.807) is 0 Å². The Balaban J connectivity index is -0.0000000906. The molecule has 0 aliphatic heterocycles. The molecule has 0 atom stereocenters. The van der Waals surface area contributed by atoms with Gasteiger partial charge in [0, 0.05) is 48.1 Å². The molecule has 4 nitrogen and oxygen atoms in total. The molecule has 5 heteroatoms. The molecular weight excluding hydrogens is 280 g/mol. The molecule has 0 saturated carbocycles. The zero-order valence-electron chi connectivity index (χ0n) is 12.8. The van der Waals surface area contributed by atoms with Crippen LogP contribution in [0.3, 0.4) is 0 Å². The molecule has 0 amide bonds. The molecule has 0 heterocycles. The van der Waals surface area contributed by atoms with E-state index in [0.717, 1.165) is 51.4 Å². The fourth-order valence-corrected chi connectivity index (χ4v) is 0.893. The van der Waals surface area contributed by atoms with E-state index in [9.17, 15) is 0 Å². The van der Waals surface area contributed by atoms with Crippen molar-refractivity contribution in [3.8, 4) is 0 Å². The van der Waals surface area contributed by atoms with E-state index in [0.29, 0.717) is 13.2 Å². The average molecular weight is 314 g/mol. The van der Waals surface area contributed by atoms with Gasteiger partial charge in [0.1, 0.15) is 0 Å². The summed E-state index contributed by atoms with van der Waals surface area (Å²) in [7, 11) is 0. The van der Waals surface area contributed by atoms with Crippen LogP contribution < -0.4 is 0 Å². The first-order valence-corrected chi connectivity index (χ1v) is 7.18. The SMILES string of the molecule is CCCCO.CCCCO.OCCCCCCO.[Ti]. The molecule has 19 heavy (non-hydrogen) atoms. The van der Waals surface area contributed by atoms with Crippen LogP contribution in [0.2, 0.25) is 0 Å². The Labute approximate surface area is 134 Å². The number of hydrogen-bond acceptors (Lipinski definition) is 4. The topological polar surface area (TPSA) is 80.9 Å². The molecule has 0 aromatic carbocycles. The summed E-state index contributed by atoms with van der Waals surface area (Å²) >= 11 is 0. The molecule has 0 radical (unpaired) electrons. The van der Waals surface area contributed by atoms with Crippen molar-refractivity contribution in [3.63, 3.8) is 0 Å². The van der Waals surface area contributed by atoms with E-state index >= 15 is 0 Å². The van der Waals surface area contributed by atoms with E-state index in [1.165, 1.54) is 0 Å². The van der Waals surface area contributed by atoms with Gasteiger partial charge in [0.15, 0.2) is 0 Å². The average Bonchev–Trinajstić information content (AvgIpc) is 2.38. The van der Waals surface area contributed by atoms with Crippen molar-refractivity contribution < 1.29 is 42.1 Å². The minimum absolute atomic E-state index is 0. The van der Waals surface area contributed by atoms with E-state index in [-0.39, 0.29) is 34.9 Å². The zero-order valence-corrected chi connectivity index (χ0v) is 14.3. The summed E-state index contributed by atoms with van der Waals surface area (Å²) in [5, 5.41) is 32.7. The van der Waals surface area contributed by atoms with Crippen LogP contribution in [-0.4, -0.2) is 46.9 Å². The van der Waals surface area contributed by atoms with Gasteiger partial charge >= 0.3 is 0 Å². The summed E-state index contributed by atoms with van der Waals surface area (Å²) < 4.78 is 0. The molecule has 0 bridgehead atoms. The Morgan fingerprint density at radius 2 is 0.737 bits per heavy atom. The van der Waals surface area contributed by atoms with Crippen LogP contribution in [-0.2, 0) is 21.7 Å². The van der Waals surface area contributed by atoms with Crippen molar-refractivity contribution in [1.82, 2.24) is 0 Å². The molecule has 0 unspecified atom stereocenters. The Morgan fingerprint density at radius 3 is 0.842 bits per heavy atom. The van der Waals surface area contributed by atoms with Crippen LogP contribution in [0.4, 0.5) is 0 Å². The first-order chi connectivity index (χ1) is 8.74. The monoisotopic (exact) mass is 314 g/mol. The van der Waals surface area contributed by atoms with Crippen LogP contribution in [0.15, 0.2) is 0 Å². The predicted octanol–water partition coefficient (Wildman–Crippen LogP) is 2.09. The molecule has 118 valence electrons. The Kier molecular flexibility index (Phi) is 53.1. The largest absolute Gasteiger partial charge is 0.396 e. The molecule has 4 N–H and O–H groups in total. The van der Waals surface area contributed by atoms with E-state index < -0.39 is 0 Å². The molecule has 0 fully saturated rings. The minimum Gasteiger partial charge on any atom is -0.396 e. The molecular formula is C14H34O4Ti. The summed E-state index contributed by atoms with van der Waals surface area (Å²) in [6.07, 6.45) is 7.90. The second-order valence-corrected chi connectivity index (χ2v) is 4.02. The van der Waals surface area contributed by atoms with Crippen LogP contribution in [0.1, 0.15) is 65.2 Å². The van der Waals surface area contributed by atoms with Gasteiger partial charge in [-0.15, -0.1) is 0 Å². The fourth-order valence-electron chi connectivity index (χ4n) is 0.893. The standard InChI is InChI=1S/C6H14O2.2C4H10O.Ti/c7-5-3-1-2-4-6-8;2*1-2-3-4-5;/h7-8H,1-6H2;2*5H,2-4H2,1H3;. The second kappa shape index (κ2) is 36.3. The molecule has 0 aromatic rings. The second-order valence-electron chi connectivity index (χ2n) is 4.02. The quantitative estimate of drug-likeness (QED) is 0.388. The van der Waals surface area contributed by atoms with Crippen LogP contribution in [0, 0.1) is 0 Å². The van der Waals surface area contributed by atoms with Crippen molar-refractivity contribution in [2.24, 2.45) is 0 Å². The first-order valence-electron chi connectivity index (χ1n) is 7.18. The Hall–Kier alpha value is 0.554.